The summed E-state index contributed by atoms with van der Waals surface area (Å²) in [5, 5.41) is 8.29. The van der Waals surface area contributed by atoms with E-state index in [1.165, 1.54) is 0 Å². The molecular formula is C10H9NO3. The maximum Gasteiger partial charge on any atom is 0.328 e. The molecule has 0 heterocycles. The molecule has 0 atom stereocenters. The van der Waals surface area contributed by atoms with Crippen LogP contribution in [-0.2, 0) is 4.79 Å². The van der Waals surface area contributed by atoms with Crippen LogP contribution in [0.2, 0.25) is 0 Å². The van der Waals surface area contributed by atoms with Gasteiger partial charge in [0, 0.05) is 17.3 Å². The summed E-state index contributed by atoms with van der Waals surface area (Å²) in [6, 6.07) is 6.26. The van der Waals surface area contributed by atoms with E-state index >= 15 is 0 Å². The fourth-order valence-electron chi connectivity index (χ4n) is 0.891. The molecule has 0 saturated heterocycles. The van der Waals surface area contributed by atoms with E-state index < -0.39 is 5.97 Å². The van der Waals surface area contributed by atoms with Crippen LogP contribution in [0.15, 0.2) is 36.4 Å². The maximum atomic E-state index is 11.3. The molecule has 0 aliphatic rings. The lowest BCUT2D eigenvalue weighted by Crippen LogP contribution is -1.97. The van der Waals surface area contributed by atoms with Gasteiger partial charge in [-0.2, -0.15) is 0 Å². The molecule has 0 aliphatic heterocycles. The van der Waals surface area contributed by atoms with Crippen molar-refractivity contribution in [2.75, 3.05) is 5.73 Å². The number of carboxylic acid groups (broad SMARTS) is 1. The number of anilines is 1. The zero-order chi connectivity index (χ0) is 10.6. The van der Waals surface area contributed by atoms with Gasteiger partial charge in [-0.15, -0.1) is 0 Å². The molecule has 0 unspecified atom stereocenters. The second kappa shape index (κ2) is 4.23. The van der Waals surface area contributed by atoms with Crippen LogP contribution in [0.3, 0.4) is 0 Å². The standard InChI is InChI=1S/C10H9NO3/c11-8-3-1-7(2-4-8)9(12)5-6-10(13)14/h1-6H,11H2,(H,13,14). The van der Waals surface area contributed by atoms with Gasteiger partial charge in [-0.25, -0.2) is 4.79 Å². The second-order valence-electron chi connectivity index (χ2n) is 2.66. The molecule has 1 aromatic carbocycles. The molecule has 0 aromatic heterocycles. The largest absolute Gasteiger partial charge is 0.478 e. The first kappa shape index (κ1) is 9.98. The van der Waals surface area contributed by atoms with Crippen LogP contribution in [-0.4, -0.2) is 16.9 Å². The van der Waals surface area contributed by atoms with Gasteiger partial charge in [0.15, 0.2) is 5.78 Å². The van der Waals surface area contributed by atoms with Gasteiger partial charge in [0.25, 0.3) is 0 Å². The number of carbonyl (C=O) groups is 2. The third-order valence-electron chi connectivity index (χ3n) is 1.57. The predicted octanol–water partition coefficient (Wildman–Crippen LogP) is 1.09. The third-order valence-corrected chi connectivity index (χ3v) is 1.57. The van der Waals surface area contributed by atoms with Gasteiger partial charge >= 0.3 is 5.97 Å². The lowest BCUT2D eigenvalue weighted by Gasteiger charge is -1.95. The van der Waals surface area contributed by atoms with Crippen molar-refractivity contribution in [1.82, 2.24) is 0 Å². The summed E-state index contributed by atoms with van der Waals surface area (Å²) in [5.41, 5.74) is 6.40. The molecule has 0 amide bonds. The molecule has 0 spiro atoms. The number of carbonyl (C=O) groups excluding carboxylic acids is 1. The second-order valence-corrected chi connectivity index (χ2v) is 2.66. The normalized spacial score (nSPS) is 10.3. The minimum Gasteiger partial charge on any atom is -0.478 e. The molecule has 4 heteroatoms. The summed E-state index contributed by atoms with van der Waals surface area (Å²) in [6.07, 6.45) is 1.81. The smallest absolute Gasteiger partial charge is 0.328 e. The summed E-state index contributed by atoms with van der Waals surface area (Å²) in [4.78, 5) is 21.4. The predicted molar refractivity (Wildman–Crippen MR) is 52.0 cm³/mol. The fraction of sp³-hybridized carbons (Fsp3) is 0. The first-order valence-electron chi connectivity index (χ1n) is 3.90. The Morgan fingerprint density at radius 1 is 1.14 bits per heavy atom. The van der Waals surface area contributed by atoms with Crippen molar-refractivity contribution in [2.24, 2.45) is 0 Å². The van der Waals surface area contributed by atoms with Crippen molar-refractivity contribution in [2.45, 2.75) is 0 Å². The quantitative estimate of drug-likeness (QED) is 0.425. The third kappa shape index (κ3) is 2.75. The number of nitrogen functional groups attached to an aromatic ring is 1. The molecule has 3 N–H and O–H groups in total. The van der Waals surface area contributed by atoms with Crippen molar-refractivity contribution in [3.63, 3.8) is 0 Å². The lowest BCUT2D eigenvalue weighted by atomic mass is 10.1. The van der Waals surface area contributed by atoms with Crippen LogP contribution >= 0.6 is 0 Å². The van der Waals surface area contributed by atoms with Crippen molar-refractivity contribution in [3.05, 3.63) is 42.0 Å². The Labute approximate surface area is 80.7 Å². The minimum absolute atomic E-state index is 0.354. The molecule has 14 heavy (non-hydrogen) atoms. The Morgan fingerprint density at radius 3 is 2.21 bits per heavy atom. The van der Waals surface area contributed by atoms with E-state index in [4.69, 9.17) is 10.8 Å². The average molecular weight is 191 g/mol. The minimum atomic E-state index is -1.14. The van der Waals surface area contributed by atoms with Gasteiger partial charge in [-0.3, -0.25) is 4.79 Å². The fourth-order valence-corrected chi connectivity index (χ4v) is 0.891. The maximum absolute atomic E-state index is 11.3. The number of benzene rings is 1. The SMILES string of the molecule is Nc1ccc(C(=O)C=CC(=O)O)cc1. The van der Waals surface area contributed by atoms with Crippen LogP contribution < -0.4 is 5.73 Å². The number of nitrogens with two attached hydrogens (primary N) is 1. The zero-order valence-corrected chi connectivity index (χ0v) is 7.31. The Bertz CT molecular complexity index is 379. The van der Waals surface area contributed by atoms with Crippen LogP contribution in [0, 0.1) is 0 Å². The van der Waals surface area contributed by atoms with Gasteiger partial charge in [-0.1, -0.05) is 0 Å². The zero-order valence-electron chi connectivity index (χ0n) is 7.31. The highest BCUT2D eigenvalue weighted by molar-refractivity contribution is 6.06. The van der Waals surface area contributed by atoms with Crippen molar-refractivity contribution in [1.29, 1.82) is 0 Å². The van der Waals surface area contributed by atoms with E-state index in [1.54, 1.807) is 24.3 Å². The summed E-state index contributed by atoms with van der Waals surface area (Å²) >= 11 is 0. The van der Waals surface area contributed by atoms with Gasteiger partial charge in [0.2, 0.25) is 0 Å². The molecule has 1 aromatic rings. The first-order chi connectivity index (χ1) is 6.59. The molecule has 1 rings (SSSR count). The Balaban J connectivity index is 2.80. The van der Waals surface area contributed by atoms with Crippen molar-refractivity contribution in [3.8, 4) is 0 Å². The summed E-state index contributed by atoms with van der Waals surface area (Å²) in [7, 11) is 0. The number of hydrogen-bond donors (Lipinski definition) is 2. The monoisotopic (exact) mass is 191 g/mol. The Morgan fingerprint density at radius 2 is 1.71 bits per heavy atom. The number of carboxylic acids is 1. The highest BCUT2D eigenvalue weighted by Crippen LogP contribution is 2.06. The molecule has 4 nitrogen and oxygen atoms in total. The van der Waals surface area contributed by atoms with E-state index in [0.29, 0.717) is 11.3 Å². The molecule has 0 radical (unpaired) electrons. The Kier molecular flexibility index (Phi) is 3.01. The van der Waals surface area contributed by atoms with E-state index in [2.05, 4.69) is 0 Å². The van der Waals surface area contributed by atoms with E-state index in [1.807, 2.05) is 0 Å². The topological polar surface area (TPSA) is 80.4 Å². The molecule has 72 valence electrons. The molecular weight excluding hydrogens is 182 g/mol. The van der Waals surface area contributed by atoms with Gasteiger partial charge in [0.05, 0.1) is 0 Å². The average Bonchev–Trinajstić information content (AvgIpc) is 2.15. The van der Waals surface area contributed by atoms with E-state index in [-0.39, 0.29) is 5.78 Å². The molecule has 0 bridgehead atoms. The van der Waals surface area contributed by atoms with Crippen molar-refractivity contribution >= 4 is 17.4 Å². The van der Waals surface area contributed by atoms with E-state index in [9.17, 15) is 9.59 Å². The molecule has 0 saturated carbocycles. The Hall–Kier alpha value is -2.10. The highest BCUT2D eigenvalue weighted by atomic mass is 16.4. The van der Waals surface area contributed by atoms with E-state index in [0.717, 1.165) is 12.2 Å². The molecule has 0 aliphatic carbocycles. The van der Waals surface area contributed by atoms with Crippen molar-refractivity contribution < 1.29 is 14.7 Å². The lowest BCUT2D eigenvalue weighted by molar-refractivity contribution is -0.131. The van der Waals surface area contributed by atoms with Crippen LogP contribution in [0.1, 0.15) is 10.4 Å². The van der Waals surface area contributed by atoms with Gasteiger partial charge in [0.1, 0.15) is 0 Å². The van der Waals surface area contributed by atoms with Gasteiger partial charge < -0.3 is 10.8 Å². The number of rotatable bonds is 3. The first-order valence-corrected chi connectivity index (χ1v) is 3.90. The molecule has 0 fully saturated rings. The number of hydrogen-bond acceptors (Lipinski definition) is 3. The van der Waals surface area contributed by atoms with Crippen LogP contribution in [0.25, 0.3) is 0 Å². The highest BCUT2D eigenvalue weighted by Gasteiger charge is 2.01. The summed E-state index contributed by atoms with van der Waals surface area (Å²) in [6.45, 7) is 0. The number of ketones is 1. The van der Waals surface area contributed by atoms with Gasteiger partial charge in [-0.05, 0) is 30.3 Å². The number of aliphatic carboxylic acids is 1. The summed E-state index contributed by atoms with van der Waals surface area (Å²) in [5.74, 6) is -1.50. The van der Waals surface area contributed by atoms with Crippen LogP contribution in [0.4, 0.5) is 5.69 Å². The summed E-state index contributed by atoms with van der Waals surface area (Å²) < 4.78 is 0. The number of allylic oxidation sites excluding steroid dienone is 1. The van der Waals surface area contributed by atoms with Crippen LogP contribution in [0.5, 0.6) is 0 Å².